The molecule has 0 aliphatic heterocycles. The molecule has 5 N–H and O–H groups in total. The molecule has 10 heteroatoms. The van der Waals surface area contributed by atoms with Crippen molar-refractivity contribution >= 4 is 23.0 Å². The average molecular weight is 400 g/mol. The number of anilines is 3. The monoisotopic (exact) mass is 400 g/mol. The molecule has 10 nitrogen and oxygen atoms in total. The highest BCUT2D eigenvalue weighted by Gasteiger charge is 2.21. The predicted octanol–water partition coefficient (Wildman–Crippen LogP) is 1.54. The van der Waals surface area contributed by atoms with Crippen LogP contribution in [-0.2, 0) is 0 Å². The second-order valence-corrected chi connectivity index (χ2v) is 7.19. The molecular weight excluding hydrogens is 376 g/mol. The summed E-state index contributed by atoms with van der Waals surface area (Å²) in [5.41, 5.74) is -1.44. The first kappa shape index (κ1) is 21.6. The third kappa shape index (κ3) is 4.57. The number of phenols is 1. The van der Waals surface area contributed by atoms with Gasteiger partial charge in [-0.15, -0.1) is 0 Å². The Hall–Kier alpha value is -3.74. The number of aromatic amines is 2. The van der Waals surface area contributed by atoms with Crippen molar-refractivity contribution in [1.29, 1.82) is 5.26 Å². The third-order valence-corrected chi connectivity index (χ3v) is 4.50. The number of benzene rings is 1. The van der Waals surface area contributed by atoms with Gasteiger partial charge in [-0.1, -0.05) is 13.8 Å². The molecule has 1 aromatic heterocycles. The fraction of sp³-hybridized carbons (Fsp3) is 0.368. The number of carbonyl (C=O) groups excluding carboxylic acids is 1. The molecule has 2 rings (SSSR count). The number of hydrogen-bond acceptors (Lipinski definition) is 7. The van der Waals surface area contributed by atoms with Crippen LogP contribution in [0.25, 0.3) is 0 Å². The number of H-pyrrole nitrogens is 2. The lowest BCUT2D eigenvalue weighted by Crippen LogP contribution is -2.31. The predicted molar refractivity (Wildman–Crippen MR) is 110 cm³/mol. The summed E-state index contributed by atoms with van der Waals surface area (Å²) >= 11 is 0. The van der Waals surface area contributed by atoms with E-state index in [0.29, 0.717) is 0 Å². The van der Waals surface area contributed by atoms with Crippen molar-refractivity contribution in [3.8, 4) is 11.8 Å². The van der Waals surface area contributed by atoms with Crippen LogP contribution in [0.1, 0.15) is 36.7 Å². The molecule has 0 aliphatic rings. The molecule has 154 valence electrons. The van der Waals surface area contributed by atoms with Crippen LogP contribution in [0.3, 0.4) is 0 Å². The van der Waals surface area contributed by atoms with Crippen molar-refractivity contribution in [1.82, 2.24) is 15.1 Å². The molecule has 1 heterocycles. The second-order valence-electron chi connectivity index (χ2n) is 7.19. The highest BCUT2D eigenvalue weighted by molar-refractivity contribution is 5.99. The van der Waals surface area contributed by atoms with Crippen molar-refractivity contribution in [2.45, 2.75) is 26.8 Å². The van der Waals surface area contributed by atoms with Crippen molar-refractivity contribution in [3.05, 3.63) is 44.0 Å². The van der Waals surface area contributed by atoms with E-state index in [1.54, 1.807) is 0 Å². The molecule has 0 bridgehead atoms. The highest BCUT2D eigenvalue weighted by Crippen LogP contribution is 2.33. The Balaban J connectivity index is 2.63. The number of carbonyl (C=O) groups is 1. The van der Waals surface area contributed by atoms with E-state index in [9.17, 15) is 24.8 Å². The number of nitrogens with zero attached hydrogens (tertiary/aromatic N) is 2. The SMILES string of the molecule is CC(C)[C@H](C)Nc1c(Nc2cc(C#N)cc(C(=O)N(C)C)c2O)c(=O)[nH][nH]c1=O. The fourth-order valence-corrected chi connectivity index (χ4v) is 2.45. The standard InChI is InChI=1S/C19H24N6O4/c1-9(2)10(3)21-14-15(18(28)24-23-17(14)27)22-13-7-11(8-20)6-12(16(13)26)19(29)25(4)5/h6-7,9-10,26H,1-5H3,(H2,21,24,28)(H2,22,23,27)/t10-/m0/s1. The first-order valence-electron chi connectivity index (χ1n) is 8.94. The zero-order valence-corrected chi connectivity index (χ0v) is 16.9. The van der Waals surface area contributed by atoms with Crippen LogP contribution in [0.5, 0.6) is 5.75 Å². The maximum Gasteiger partial charge on any atom is 0.288 e. The lowest BCUT2D eigenvalue weighted by Gasteiger charge is -2.21. The first-order valence-corrected chi connectivity index (χ1v) is 8.94. The van der Waals surface area contributed by atoms with Gasteiger partial charge < -0.3 is 20.6 Å². The van der Waals surface area contributed by atoms with Crippen molar-refractivity contribution in [2.75, 3.05) is 24.7 Å². The van der Waals surface area contributed by atoms with Gasteiger partial charge in [0.2, 0.25) is 0 Å². The Labute approximate surface area is 167 Å². The number of phenolic OH excluding ortho intramolecular Hbond substituents is 1. The summed E-state index contributed by atoms with van der Waals surface area (Å²) in [5.74, 6) is -0.791. The summed E-state index contributed by atoms with van der Waals surface area (Å²) in [6, 6.07) is 4.32. The number of hydrogen-bond donors (Lipinski definition) is 5. The highest BCUT2D eigenvalue weighted by atomic mass is 16.3. The van der Waals surface area contributed by atoms with Crippen LogP contribution in [0.15, 0.2) is 21.7 Å². The summed E-state index contributed by atoms with van der Waals surface area (Å²) in [4.78, 5) is 38.3. The quantitative estimate of drug-likeness (QED) is 0.461. The van der Waals surface area contributed by atoms with Gasteiger partial charge in [-0.25, -0.2) is 0 Å². The van der Waals surface area contributed by atoms with E-state index in [0.717, 1.165) is 0 Å². The van der Waals surface area contributed by atoms with Gasteiger partial charge in [0.05, 0.1) is 22.9 Å². The van der Waals surface area contributed by atoms with Gasteiger partial charge >= 0.3 is 0 Å². The molecule has 0 aliphatic carbocycles. The Morgan fingerprint density at radius 3 is 2.24 bits per heavy atom. The number of nitrogens with one attached hydrogen (secondary N) is 4. The fourth-order valence-electron chi connectivity index (χ4n) is 2.45. The summed E-state index contributed by atoms with van der Waals surface area (Å²) < 4.78 is 0. The van der Waals surface area contributed by atoms with E-state index in [-0.39, 0.29) is 40.1 Å². The van der Waals surface area contributed by atoms with Gasteiger partial charge in [0.15, 0.2) is 5.75 Å². The Morgan fingerprint density at radius 1 is 1.14 bits per heavy atom. The molecule has 0 unspecified atom stereocenters. The van der Waals surface area contributed by atoms with Gasteiger partial charge in [0.25, 0.3) is 17.0 Å². The van der Waals surface area contributed by atoms with Gasteiger partial charge in [-0.3, -0.25) is 24.6 Å². The topological polar surface area (TPSA) is 154 Å². The molecule has 0 saturated heterocycles. The summed E-state index contributed by atoms with van der Waals surface area (Å²) in [6.07, 6.45) is 0. The summed E-state index contributed by atoms with van der Waals surface area (Å²) in [6.45, 7) is 5.76. The van der Waals surface area contributed by atoms with E-state index in [1.807, 2.05) is 26.8 Å². The van der Waals surface area contributed by atoms with Crippen LogP contribution in [0.2, 0.25) is 0 Å². The minimum absolute atomic E-state index is 0.0165. The lowest BCUT2D eigenvalue weighted by molar-refractivity contribution is 0.0824. The van der Waals surface area contributed by atoms with Gasteiger partial charge in [0, 0.05) is 20.1 Å². The Morgan fingerprint density at radius 2 is 1.72 bits per heavy atom. The Bertz CT molecular complexity index is 1080. The minimum atomic E-state index is -0.648. The van der Waals surface area contributed by atoms with E-state index >= 15 is 0 Å². The number of aromatic nitrogens is 2. The molecular formula is C19H24N6O4. The molecule has 1 atom stereocenters. The van der Waals surface area contributed by atoms with Crippen molar-refractivity contribution in [3.63, 3.8) is 0 Å². The lowest BCUT2D eigenvalue weighted by atomic mass is 10.1. The van der Waals surface area contributed by atoms with E-state index in [2.05, 4.69) is 20.8 Å². The molecule has 0 fully saturated rings. The van der Waals surface area contributed by atoms with Gasteiger partial charge in [0.1, 0.15) is 11.4 Å². The molecule has 0 spiro atoms. The van der Waals surface area contributed by atoms with Crippen molar-refractivity contribution < 1.29 is 9.90 Å². The Kier molecular flexibility index (Phi) is 6.33. The zero-order valence-electron chi connectivity index (χ0n) is 16.9. The maximum atomic E-state index is 12.4. The molecule has 29 heavy (non-hydrogen) atoms. The van der Waals surface area contributed by atoms with Crippen LogP contribution in [-0.4, -0.2) is 46.2 Å². The number of amides is 1. The molecule has 2 aromatic rings. The maximum absolute atomic E-state index is 12.4. The van der Waals surface area contributed by atoms with E-state index in [4.69, 9.17) is 0 Å². The smallest absolute Gasteiger partial charge is 0.288 e. The number of nitriles is 1. The molecule has 1 amide bonds. The van der Waals surface area contributed by atoms with E-state index < -0.39 is 22.8 Å². The molecule has 0 saturated carbocycles. The summed E-state index contributed by atoms with van der Waals surface area (Å²) in [5, 5.41) is 30.0. The van der Waals surface area contributed by atoms with Crippen LogP contribution < -0.4 is 21.8 Å². The number of aromatic hydroxyl groups is 1. The average Bonchev–Trinajstić information content (AvgIpc) is 2.67. The van der Waals surface area contributed by atoms with Crippen LogP contribution in [0.4, 0.5) is 17.1 Å². The third-order valence-electron chi connectivity index (χ3n) is 4.50. The van der Waals surface area contributed by atoms with Crippen LogP contribution in [0, 0.1) is 17.2 Å². The number of rotatable bonds is 6. The second kappa shape index (κ2) is 8.52. The normalized spacial score (nSPS) is 11.6. The minimum Gasteiger partial charge on any atom is -0.505 e. The first-order chi connectivity index (χ1) is 13.6. The molecule has 0 radical (unpaired) electrons. The zero-order chi connectivity index (χ0) is 21.9. The van der Waals surface area contributed by atoms with Gasteiger partial charge in [-0.2, -0.15) is 5.26 Å². The van der Waals surface area contributed by atoms with Gasteiger partial charge in [-0.05, 0) is 25.0 Å². The largest absolute Gasteiger partial charge is 0.505 e. The molecule has 1 aromatic carbocycles. The van der Waals surface area contributed by atoms with Crippen LogP contribution >= 0.6 is 0 Å². The summed E-state index contributed by atoms with van der Waals surface area (Å²) in [7, 11) is 3.01. The van der Waals surface area contributed by atoms with Crippen molar-refractivity contribution in [2.24, 2.45) is 5.92 Å². The van der Waals surface area contributed by atoms with E-state index in [1.165, 1.54) is 31.1 Å².